The molecular formula is C44H27N. The van der Waals surface area contributed by atoms with Crippen LogP contribution < -0.4 is 0 Å². The zero-order valence-electron chi connectivity index (χ0n) is 24.5. The monoisotopic (exact) mass is 569 g/mol. The number of benzene rings is 9. The molecule has 1 N–H and O–H groups in total. The molecule has 0 unspecified atom stereocenters. The molecule has 0 fully saturated rings. The fourth-order valence-electron chi connectivity index (χ4n) is 7.87. The molecule has 0 aliphatic rings. The third-order valence-corrected chi connectivity index (χ3v) is 9.76. The van der Waals surface area contributed by atoms with Crippen LogP contribution in [0.3, 0.4) is 0 Å². The second kappa shape index (κ2) is 9.29. The number of hydrogen-bond donors (Lipinski definition) is 1. The van der Waals surface area contributed by atoms with E-state index >= 15 is 0 Å². The highest BCUT2D eigenvalue weighted by molar-refractivity contribution is 6.32. The molecule has 0 saturated heterocycles. The maximum Gasteiger partial charge on any atom is 0.0551 e. The van der Waals surface area contributed by atoms with Gasteiger partial charge in [-0.1, -0.05) is 146 Å². The summed E-state index contributed by atoms with van der Waals surface area (Å²) in [6.45, 7) is 0. The van der Waals surface area contributed by atoms with Crippen molar-refractivity contribution in [2.75, 3.05) is 0 Å². The summed E-state index contributed by atoms with van der Waals surface area (Å²) in [6, 6.07) is 57.9. The molecule has 1 nitrogen and oxygen atoms in total. The van der Waals surface area contributed by atoms with Crippen LogP contribution >= 0.6 is 0 Å². The van der Waals surface area contributed by atoms with E-state index in [1.807, 2.05) is 0 Å². The van der Waals surface area contributed by atoms with Crippen LogP contribution in [-0.4, -0.2) is 4.98 Å². The van der Waals surface area contributed by atoms with E-state index in [0.29, 0.717) is 0 Å². The van der Waals surface area contributed by atoms with E-state index < -0.39 is 0 Å². The number of fused-ring (bicyclic) bond motifs is 11. The van der Waals surface area contributed by atoms with E-state index in [1.54, 1.807) is 0 Å². The molecule has 0 aliphatic carbocycles. The average Bonchev–Trinajstić information content (AvgIpc) is 3.50. The molecule has 9 aromatic carbocycles. The third kappa shape index (κ3) is 3.44. The molecule has 1 heterocycles. The van der Waals surface area contributed by atoms with E-state index in [-0.39, 0.29) is 0 Å². The van der Waals surface area contributed by atoms with Gasteiger partial charge in [-0.15, -0.1) is 0 Å². The Morgan fingerprint density at radius 2 is 0.844 bits per heavy atom. The van der Waals surface area contributed by atoms with Gasteiger partial charge >= 0.3 is 0 Å². The summed E-state index contributed by atoms with van der Waals surface area (Å²) < 4.78 is 0. The van der Waals surface area contributed by atoms with Crippen molar-refractivity contribution in [3.05, 3.63) is 158 Å². The van der Waals surface area contributed by atoms with Crippen LogP contribution in [0.2, 0.25) is 0 Å². The van der Waals surface area contributed by atoms with Gasteiger partial charge in [-0.25, -0.2) is 0 Å². The zero-order chi connectivity index (χ0) is 29.5. The van der Waals surface area contributed by atoms with Gasteiger partial charge in [0.25, 0.3) is 0 Å². The summed E-state index contributed by atoms with van der Waals surface area (Å²) in [5.74, 6) is 0. The van der Waals surface area contributed by atoms with E-state index in [4.69, 9.17) is 0 Å². The number of hydrogen-bond acceptors (Lipinski definition) is 0. The smallest absolute Gasteiger partial charge is 0.0551 e. The summed E-state index contributed by atoms with van der Waals surface area (Å²) in [7, 11) is 0. The first-order chi connectivity index (χ1) is 22.3. The predicted molar refractivity (Wildman–Crippen MR) is 194 cm³/mol. The topological polar surface area (TPSA) is 15.8 Å². The van der Waals surface area contributed by atoms with Crippen LogP contribution in [0.15, 0.2) is 158 Å². The normalized spacial score (nSPS) is 12.0. The Hall–Kier alpha value is -5.92. The van der Waals surface area contributed by atoms with Crippen LogP contribution in [0.25, 0.3) is 97.9 Å². The third-order valence-electron chi connectivity index (χ3n) is 9.76. The SMILES string of the molecule is c1ccc2c(-c3c4ccccc4c(-c4ccc5[nH]c6c7ccccc7c7ccccc7c6c5c4)c4ccccc34)cccc2c1. The molecule has 208 valence electrons. The van der Waals surface area contributed by atoms with Crippen molar-refractivity contribution in [2.24, 2.45) is 0 Å². The lowest BCUT2D eigenvalue weighted by molar-refractivity contribution is 1.56. The minimum absolute atomic E-state index is 1.16. The molecule has 0 radical (unpaired) electrons. The molecule has 1 heteroatoms. The lowest BCUT2D eigenvalue weighted by Gasteiger charge is -2.19. The van der Waals surface area contributed by atoms with E-state index in [0.717, 1.165) is 5.52 Å². The summed E-state index contributed by atoms with van der Waals surface area (Å²) in [6.07, 6.45) is 0. The summed E-state index contributed by atoms with van der Waals surface area (Å²) in [5, 5.41) is 15.3. The quantitative estimate of drug-likeness (QED) is 0.157. The largest absolute Gasteiger partial charge is 0.354 e. The van der Waals surface area contributed by atoms with Gasteiger partial charge in [-0.2, -0.15) is 0 Å². The summed E-state index contributed by atoms with van der Waals surface area (Å²) in [5.41, 5.74) is 7.46. The van der Waals surface area contributed by atoms with Crippen molar-refractivity contribution in [3.8, 4) is 22.3 Å². The first-order valence-electron chi connectivity index (χ1n) is 15.6. The first-order valence-corrected chi connectivity index (χ1v) is 15.6. The molecule has 0 bridgehead atoms. The van der Waals surface area contributed by atoms with E-state index in [2.05, 4.69) is 163 Å². The van der Waals surface area contributed by atoms with Crippen LogP contribution in [0, 0.1) is 0 Å². The second-order valence-electron chi connectivity index (χ2n) is 12.1. The van der Waals surface area contributed by atoms with Gasteiger partial charge in [0, 0.05) is 21.7 Å². The van der Waals surface area contributed by atoms with Crippen molar-refractivity contribution < 1.29 is 0 Å². The summed E-state index contributed by atoms with van der Waals surface area (Å²) >= 11 is 0. The molecular weight excluding hydrogens is 542 g/mol. The molecule has 1 aromatic heterocycles. The Balaban J connectivity index is 1.34. The van der Waals surface area contributed by atoms with Gasteiger partial charge in [-0.05, 0) is 82.9 Å². The van der Waals surface area contributed by atoms with Gasteiger partial charge in [0.2, 0.25) is 0 Å². The van der Waals surface area contributed by atoms with Gasteiger partial charge in [0.05, 0.1) is 5.52 Å². The van der Waals surface area contributed by atoms with Crippen molar-refractivity contribution in [1.29, 1.82) is 0 Å². The standard InChI is InChI=1S/C44H27N/c1-2-14-29-27(12-1)13-11-23-32(29)42-36-20-8-6-18-34(36)41(35-19-7-9-21-37(35)42)28-24-25-40-39(26-28)43-33-17-5-3-15-30(33)31-16-4-10-22-38(31)44(43)45-40/h1-26,45H. The van der Waals surface area contributed by atoms with E-state index in [1.165, 1.54) is 92.4 Å². The molecule has 0 spiro atoms. The molecule has 0 saturated carbocycles. The number of rotatable bonds is 2. The molecule has 10 rings (SSSR count). The highest BCUT2D eigenvalue weighted by Crippen LogP contribution is 2.46. The number of H-pyrrole nitrogens is 1. The molecule has 10 aromatic rings. The lowest BCUT2D eigenvalue weighted by Crippen LogP contribution is -1.91. The Labute approximate surface area is 260 Å². The van der Waals surface area contributed by atoms with Crippen LogP contribution in [0.4, 0.5) is 0 Å². The number of nitrogens with one attached hydrogen (secondary N) is 1. The van der Waals surface area contributed by atoms with Gasteiger partial charge < -0.3 is 4.98 Å². The van der Waals surface area contributed by atoms with E-state index in [9.17, 15) is 0 Å². The maximum absolute atomic E-state index is 3.81. The maximum atomic E-state index is 3.81. The lowest BCUT2D eigenvalue weighted by atomic mass is 9.84. The van der Waals surface area contributed by atoms with Gasteiger partial charge in [0.1, 0.15) is 0 Å². The zero-order valence-corrected chi connectivity index (χ0v) is 24.5. The Kier molecular flexibility index (Phi) is 5.06. The van der Waals surface area contributed by atoms with Crippen LogP contribution in [-0.2, 0) is 0 Å². The molecule has 45 heavy (non-hydrogen) atoms. The Bertz CT molecular complexity index is 2750. The van der Waals surface area contributed by atoms with Crippen molar-refractivity contribution in [2.45, 2.75) is 0 Å². The fourth-order valence-corrected chi connectivity index (χ4v) is 7.87. The van der Waals surface area contributed by atoms with Gasteiger partial charge in [0.15, 0.2) is 0 Å². The number of aromatic amines is 1. The fraction of sp³-hybridized carbons (Fsp3) is 0. The summed E-state index contributed by atoms with van der Waals surface area (Å²) in [4.78, 5) is 3.81. The first kappa shape index (κ1) is 24.5. The molecule has 0 atom stereocenters. The highest BCUT2D eigenvalue weighted by Gasteiger charge is 2.19. The Morgan fingerprint density at radius 3 is 1.53 bits per heavy atom. The average molecular weight is 570 g/mol. The van der Waals surface area contributed by atoms with Crippen LogP contribution in [0.5, 0.6) is 0 Å². The van der Waals surface area contributed by atoms with Crippen LogP contribution in [0.1, 0.15) is 0 Å². The van der Waals surface area contributed by atoms with Crippen molar-refractivity contribution in [3.63, 3.8) is 0 Å². The van der Waals surface area contributed by atoms with Gasteiger partial charge in [-0.3, -0.25) is 0 Å². The minimum Gasteiger partial charge on any atom is -0.354 e. The number of aromatic nitrogens is 1. The van der Waals surface area contributed by atoms with Crippen molar-refractivity contribution >= 4 is 75.7 Å². The highest BCUT2D eigenvalue weighted by atomic mass is 14.7. The Morgan fingerprint density at radius 1 is 0.333 bits per heavy atom. The second-order valence-corrected chi connectivity index (χ2v) is 12.1. The minimum atomic E-state index is 1.16. The van der Waals surface area contributed by atoms with Crippen molar-refractivity contribution in [1.82, 2.24) is 4.98 Å². The predicted octanol–water partition coefficient (Wildman–Crippen LogP) is 12.4. The molecule has 0 amide bonds. The molecule has 0 aliphatic heterocycles.